The molecule has 2 fully saturated rings. The van der Waals surface area contributed by atoms with Crippen molar-refractivity contribution in [3.8, 4) is 17.1 Å². The van der Waals surface area contributed by atoms with Crippen molar-refractivity contribution in [2.24, 2.45) is 5.92 Å². The number of cyclic esters (lactones) is 1. The molecule has 1 saturated heterocycles. The molecular formula is C27H24FN3O6. The third kappa shape index (κ3) is 5.42. The number of hydrogen-bond acceptors (Lipinski definition) is 8. The Balaban J connectivity index is 1.28. The van der Waals surface area contributed by atoms with Crippen LogP contribution in [0.25, 0.3) is 11.4 Å². The molecule has 0 radical (unpaired) electrons. The van der Waals surface area contributed by atoms with Gasteiger partial charge in [-0.1, -0.05) is 17.3 Å². The van der Waals surface area contributed by atoms with Gasteiger partial charge >= 0.3 is 5.97 Å². The highest BCUT2D eigenvalue weighted by atomic mass is 19.1. The fraction of sp³-hybridized carbons (Fsp3) is 0.296. The highest BCUT2D eigenvalue weighted by molar-refractivity contribution is 5.99. The van der Waals surface area contributed by atoms with Crippen LogP contribution in [0.15, 0.2) is 59.6 Å². The highest BCUT2D eigenvalue weighted by Crippen LogP contribution is 2.33. The minimum atomic E-state index is -0.799. The largest absolute Gasteiger partial charge is 0.480 e. The molecule has 1 aliphatic carbocycles. The highest BCUT2D eigenvalue weighted by Gasteiger charge is 2.31. The maximum atomic E-state index is 14.7. The van der Waals surface area contributed by atoms with Crippen LogP contribution in [0.5, 0.6) is 5.75 Å². The predicted octanol–water partition coefficient (Wildman–Crippen LogP) is 4.21. The normalized spacial score (nSPS) is 17.6. The van der Waals surface area contributed by atoms with E-state index in [1.165, 1.54) is 12.1 Å². The molecule has 2 aromatic carbocycles. The van der Waals surface area contributed by atoms with Crippen LogP contribution in [-0.4, -0.2) is 40.4 Å². The fourth-order valence-electron chi connectivity index (χ4n) is 3.98. The van der Waals surface area contributed by atoms with Gasteiger partial charge < -0.3 is 19.3 Å². The summed E-state index contributed by atoms with van der Waals surface area (Å²) >= 11 is 0. The average Bonchev–Trinajstić information content (AvgIpc) is 3.49. The lowest BCUT2D eigenvalue weighted by atomic mass is 10.1. The Bertz CT molecular complexity index is 1350. The number of rotatable bonds is 10. The van der Waals surface area contributed by atoms with Crippen molar-refractivity contribution in [1.82, 2.24) is 15.5 Å². The van der Waals surface area contributed by atoms with Crippen molar-refractivity contribution >= 4 is 17.7 Å². The van der Waals surface area contributed by atoms with Gasteiger partial charge in [0.1, 0.15) is 17.6 Å². The van der Waals surface area contributed by atoms with Gasteiger partial charge in [0, 0.05) is 29.9 Å². The summed E-state index contributed by atoms with van der Waals surface area (Å²) in [5, 5.41) is 6.40. The van der Waals surface area contributed by atoms with Crippen LogP contribution < -0.4 is 10.1 Å². The van der Waals surface area contributed by atoms with E-state index in [0.717, 1.165) is 18.9 Å². The Hall–Kier alpha value is -4.34. The summed E-state index contributed by atoms with van der Waals surface area (Å²) in [5.74, 6) is -0.976. The second kappa shape index (κ2) is 10.3. The number of carbonyl (C=O) groups excluding carboxylic acids is 3. The number of ketones is 1. The van der Waals surface area contributed by atoms with E-state index in [-0.39, 0.29) is 35.6 Å². The van der Waals surface area contributed by atoms with E-state index in [1.54, 1.807) is 30.3 Å². The van der Waals surface area contributed by atoms with E-state index in [0.29, 0.717) is 29.7 Å². The molecule has 2 heterocycles. The summed E-state index contributed by atoms with van der Waals surface area (Å²) in [7, 11) is 0. The number of aromatic nitrogens is 2. The monoisotopic (exact) mass is 505 g/mol. The van der Waals surface area contributed by atoms with E-state index in [4.69, 9.17) is 14.0 Å². The number of esters is 1. The summed E-state index contributed by atoms with van der Waals surface area (Å²) in [6.45, 7) is 3.96. The molecular weight excluding hydrogens is 481 g/mol. The molecule has 1 N–H and O–H groups in total. The van der Waals surface area contributed by atoms with Gasteiger partial charge in [0.2, 0.25) is 5.82 Å². The van der Waals surface area contributed by atoms with Gasteiger partial charge in [0.05, 0.1) is 12.2 Å². The maximum Gasteiger partial charge on any atom is 0.328 e. The minimum absolute atomic E-state index is 0.114. The number of hydrogen-bond donors (Lipinski definition) is 1. The third-order valence-corrected chi connectivity index (χ3v) is 6.18. The Labute approximate surface area is 211 Å². The van der Waals surface area contributed by atoms with Gasteiger partial charge in [-0.25, -0.2) is 9.18 Å². The quantitative estimate of drug-likeness (QED) is 0.247. The number of ether oxygens (including phenoxy) is 2. The number of nitrogens with one attached hydrogen (secondary N) is 1. The molecule has 9 nitrogen and oxygen atoms in total. The zero-order valence-corrected chi connectivity index (χ0v) is 19.8. The molecule has 1 saturated carbocycles. The first-order chi connectivity index (χ1) is 17.9. The fourth-order valence-corrected chi connectivity index (χ4v) is 3.98. The van der Waals surface area contributed by atoms with Gasteiger partial charge in [0.25, 0.3) is 11.8 Å². The van der Waals surface area contributed by atoms with Gasteiger partial charge in [-0.15, -0.1) is 6.58 Å². The first-order valence-electron chi connectivity index (χ1n) is 12.0. The van der Waals surface area contributed by atoms with Crippen molar-refractivity contribution in [2.75, 3.05) is 6.61 Å². The standard InChI is InChI=1S/C27H24FN3O6/c1-2-3-22(36-18-9-6-16(7-10-18)23(32)15-4-5-15)26-30-24(31-37-26)17-8-11-19(20(28)14-17)25(33)29-21-12-13-35-27(21)34/h2,6-11,14-15,21-22H,1,3-5,12-13H2,(H,29,33)/t21-,22+/m0/s1. The van der Waals surface area contributed by atoms with Crippen molar-refractivity contribution in [1.29, 1.82) is 0 Å². The van der Waals surface area contributed by atoms with Gasteiger partial charge in [-0.3, -0.25) is 9.59 Å². The molecule has 2 atom stereocenters. The van der Waals surface area contributed by atoms with Crippen LogP contribution in [0.2, 0.25) is 0 Å². The summed E-state index contributed by atoms with van der Waals surface area (Å²) < 4.78 is 30.9. The molecule has 0 spiro atoms. The second-order valence-corrected chi connectivity index (χ2v) is 8.93. The predicted molar refractivity (Wildman–Crippen MR) is 128 cm³/mol. The SMILES string of the molecule is C=CC[C@@H](Oc1ccc(C(=O)C2CC2)cc1)c1nc(-c2ccc(C(=O)N[C@H]3CCOC3=O)c(F)c2)no1. The van der Waals surface area contributed by atoms with Crippen molar-refractivity contribution < 1.29 is 32.8 Å². The van der Waals surface area contributed by atoms with E-state index < -0.39 is 29.8 Å². The lowest BCUT2D eigenvalue weighted by Gasteiger charge is -2.14. The minimum Gasteiger partial charge on any atom is -0.480 e. The van der Waals surface area contributed by atoms with Crippen LogP contribution in [0.1, 0.15) is 58.4 Å². The zero-order valence-electron chi connectivity index (χ0n) is 19.8. The van der Waals surface area contributed by atoms with Crippen LogP contribution in [0.3, 0.4) is 0 Å². The molecule has 190 valence electrons. The molecule has 1 aliphatic heterocycles. The summed E-state index contributed by atoms with van der Waals surface area (Å²) in [5.41, 5.74) is 0.728. The van der Waals surface area contributed by atoms with E-state index in [1.807, 2.05) is 0 Å². The van der Waals surface area contributed by atoms with Crippen LogP contribution in [-0.2, 0) is 9.53 Å². The molecule has 0 unspecified atom stereocenters. The molecule has 1 amide bonds. The average molecular weight is 506 g/mol. The van der Waals surface area contributed by atoms with Crippen molar-refractivity contribution in [3.63, 3.8) is 0 Å². The number of benzene rings is 2. The molecule has 37 heavy (non-hydrogen) atoms. The lowest BCUT2D eigenvalue weighted by molar-refractivity contribution is -0.139. The molecule has 10 heteroatoms. The van der Waals surface area contributed by atoms with Gasteiger partial charge in [0.15, 0.2) is 11.9 Å². The smallest absolute Gasteiger partial charge is 0.328 e. The Kier molecular flexibility index (Phi) is 6.80. The summed E-state index contributed by atoms with van der Waals surface area (Å²) in [6, 6.07) is 10.0. The van der Waals surface area contributed by atoms with Crippen LogP contribution in [0.4, 0.5) is 4.39 Å². The van der Waals surface area contributed by atoms with E-state index >= 15 is 0 Å². The first-order valence-corrected chi connectivity index (χ1v) is 12.0. The van der Waals surface area contributed by atoms with Crippen molar-refractivity contribution in [3.05, 3.63) is 78.0 Å². The second-order valence-electron chi connectivity index (χ2n) is 8.93. The molecule has 0 bridgehead atoms. The Morgan fingerprint density at radius 1 is 1.19 bits per heavy atom. The molecule has 5 rings (SSSR count). The number of amides is 1. The molecule has 1 aromatic heterocycles. The topological polar surface area (TPSA) is 121 Å². The Morgan fingerprint density at radius 3 is 2.62 bits per heavy atom. The summed E-state index contributed by atoms with van der Waals surface area (Å²) in [6.07, 6.45) is 3.58. The first kappa shape index (κ1) is 24.4. The Morgan fingerprint density at radius 2 is 1.97 bits per heavy atom. The number of Topliss-reactive ketones (excluding diaryl/α,β-unsaturated/α-hetero) is 1. The van der Waals surface area contributed by atoms with E-state index in [2.05, 4.69) is 22.0 Å². The maximum absolute atomic E-state index is 14.7. The molecule has 2 aliphatic rings. The summed E-state index contributed by atoms with van der Waals surface area (Å²) in [4.78, 5) is 40.5. The van der Waals surface area contributed by atoms with Gasteiger partial charge in [-0.05, 0) is 49.2 Å². The number of carbonyl (C=O) groups is 3. The van der Waals surface area contributed by atoms with Crippen LogP contribution in [0, 0.1) is 11.7 Å². The number of halogens is 1. The number of nitrogens with zero attached hydrogens (tertiary/aromatic N) is 2. The lowest BCUT2D eigenvalue weighted by Crippen LogP contribution is -2.38. The third-order valence-electron chi connectivity index (χ3n) is 6.18. The van der Waals surface area contributed by atoms with Gasteiger partial charge in [-0.2, -0.15) is 4.98 Å². The zero-order chi connectivity index (χ0) is 25.9. The van der Waals surface area contributed by atoms with Crippen molar-refractivity contribution in [2.45, 2.75) is 37.8 Å². The molecule has 3 aromatic rings. The van der Waals surface area contributed by atoms with E-state index in [9.17, 15) is 18.8 Å². The van der Waals surface area contributed by atoms with Crippen LogP contribution >= 0.6 is 0 Å².